The van der Waals surface area contributed by atoms with E-state index in [4.69, 9.17) is 14.2 Å². The van der Waals surface area contributed by atoms with Crippen molar-refractivity contribution in [3.8, 4) is 34.5 Å². The number of hydrogen-bond donors (Lipinski definition) is 9. The number of hydrogen-bond acceptors (Lipinski definition) is 12. The summed E-state index contributed by atoms with van der Waals surface area (Å²) >= 11 is 0. The Labute approximate surface area is 186 Å². The van der Waals surface area contributed by atoms with E-state index in [-0.39, 0.29) is 22.6 Å². The molecule has 2 aromatic rings. The number of benzene rings is 2. The molecule has 0 bridgehead atoms. The molecule has 1 saturated heterocycles. The number of aromatic hydroxyl groups is 5. The van der Waals surface area contributed by atoms with Gasteiger partial charge in [-0.05, 0) is 19.1 Å². The molecule has 5 unspecified atom stereocenters. The Kier molecular flexibility index (Phi) is 5.90. The van der Waals surface area contributed by atoms with Gasteiger partial charge < -0.3 is 60.2 Å². The molecule has 12 heteroatoms. The fourth-order valence-corrected chi connectivity index (χ4v) is 4.00. The SMILES string of the molecule is CC1O[C@@H](OC2C(O)c3c(O)cc(O)cc3OC2c2cc(O)c(O)c(O)c2)[C@@H](O)C(O)[C@H]1O. The fourth-order valence-electron chi connectivity index (χ4n) is 4.00. The van der Waals surface area contributed by atoms with Crippen LogP contribution in [0.15, 0.2) is 24.3 Å². The van der Waals surface area contributed by atoms with E-state index in [0.29, 0.717) is 0 Å². The number of phenolic OH excluding ortho intramolecular Hbond substituents is 5. The van der Waals surface area contributed by atoms with E-state index < -0.39 is 72.0 Å². The lowest BCUT2D eigenvalue weighted by atomic mass is 9.90. The molecule has 2 heterocycles. The molecule has 0 radical (unpaired) electrons. The Bertz CT molecular complexity index is 1020. The highest BCUT2D eigenvalue weighted by Gasteiger charge is 2.48. The van der Waals surface area contributed by atoms with Crippen LogP contribution in [0.2, 0.25) is 0 Å². The second-order valence-electron chi connectivity index (χ2n) is 8.05. The molecule has 9 N–H and O–H groups in total. The van der Waals surface area contributed by atoms with Gasteiger partial charge in [0, 0.05) is 17.7 Å². The van der Waals surface area contributed by atoms with Crippen LogP contribution in [0.3, 0.4) is 0 Å². The Balaban J connectivity index is 1.77. The largest absolute Gasteiger partial charge is 0.508 e. The third kappa shape index (κ3) is 3.97. The van der Waals surface area contributed by atoms with E-state index in [1.807, 2.05) is 0 Å². The van der Waals surface area contributed by atoms with Crippen LogP contribution in [0.4, 0.5) is 0 Å². The van der Waals surface area contributed by atoms with Crippen LogP contribution < -0.4 is 4.74 Å². The molecule has 0 amide bonds. The molecule has 2 aromatic carbocycles. The summed E-state index contributed by atoms with van der Waals surface area (Å²) in [5, 5.41) is 91.0. The molecule has 0 saturated carbocycles. The average Bonchev–Trinajstić information content (AvgIpc) is 2.74. The van der Waals surface area contributed by atoms with Crippen LogP contribution in [-0.4, -0.2) is 82.8 Å². The van der Waals surface area contributed by atoms with Gasteiger partial charge in [0.1, 0.15) is 47.8 Å². The van der Waals surface area contributed by atoms with Gasteiger partial charge in [-0.25, -0.2) is 0 Å². The first-order chi connectivity index (χ1) is 15.5. The van der Waals surface area contributed by atoms with Crippen molar-refractivity contribution in [1.29, 1.82) is 0 Å². The van der Waals surface area contributed by atoms with Gasteiger partial charge in [-0.3, -0.25) is 0 Å². The molecule has 2 aliphatic rings. The van der Waals surface area contributed by atoms with Crippen LogP contribution in [0.1, 0.15) is 30.3 Å². The quantitative estimate of drug-likeness (QED) is 0.263. The minimum atomic E-state index is -1.72. The molecular formula is C21H24O12. The zero-order chi connectivity index (χ0) is 24.2. The molecular weight excluding hydrogens is 444 g/mol. The zero-order valence-electron chi connectivity index (χ0n) is 17.2. The molecule has 8 atom stereocenters. The van der Waals surface area contributed by atoms with Gasteiger partial charge in [-0.15, -0.1) is 0 Å². The van der Waals surface area contributed by atoms with Crippen LogP contribution >= 0.6 is 0 Å². The monoisotopic (exact) mass is 468 g/mol. The molecule has 2 aliphatic heterocycles. The van der Waals surface area contributed by atoms with E-state index in [2.05, 4.69) is 0 Å². The van der Waals surface area contributed by atoms with Crippen LogP contribution in [0, 0.1) is 0 Å². The summed E-state index contributed by atoms with van der Waals surface area (Å²) in [7, 11) is 0. The highest BCUT2D eigenvalue weighted by molar-refractivity contribution is 5.55. The smallest absolute Gasteiger partial charge is 0.200 e. The van der Waals surface area contributed by atoms with Gasteiger partial charge in [0.15, 0.2) is 29.6 Å². The fraction of sp³-hybridized carbons (Fsp3) is 0.429. The van der Waals surface area contributed by atoms with Crippen molar-refractivity contribution in [3.05, 3.63) is 35.4 Å². The first-order valence-electron chi connectivity index (χ1n) is 10.00. The van der Waals surface area contributed by atoms with E-state index in [1.54, 1.807) is 0 Å². The normalized spacial score (nSPS) is 33.8. The van der Waals surface area contributed by atoms with Gasteiger partial charge in [0.05, 0.1) is 11.7 Å². The van der Waals surface area contributed by atoms with Crippen molar-refractivity contribution in [1.82, 2.24) is 0 Å². The topological polar surface area (TPSA) is 210 Å². The van der Waals surface area contributed by atoms with Gasteiger partial charge >= 0.3 is 0 Å². The molecule has 12 nitrogen and oxygen atoms in total. The minimum Gasteiger partial charge on any atom is -0.508 e. The lowest BCUT2D eigenvalue weighted by Gasteiger charge is -2.43. The Morgan fingerprint density at radius 2 is 1.42 bits per heavy atom. The number of phenols is 5. The van der Waals surface area contributed by atoms with Crippen molar-refractivity contribution in [3.63, 3.8) is 0 Å². The number of aliphatic hydroxyl groups is 4. The van der Waals surface area contributed by atoms with Crippen LogP contribution in [0.5, 0.6) is 34.5 Å². The third-order valence-electron chi connectivity index (χ3n) is 5.78. The number of aliphatic hydroxyl groups excluding tert-OH is 4. The molecule has 0 aliphatic carbocycles. The summed E-state index contributed by atoms with van der Waals surface area (Å²) in [5.74, 6) is -3.22. The van der Waals surface area contributed by atoms with Gasteiger partial charge in [0.25, 0.3) is 0 Å². The standard InChI is InChI=1S/C21H24O12/c1-6-14(26)17(29)18(30)21(31-6)33-20-16(28)13-9(23)4-8(22)5-12(13)32-19(20)7-2-10(24)15(27)11(25)3-7/h2-6,14,16-30H,1H3/t6?,14-,16?,17?,18-,19?,20?,21-/m0/s1. The van der Waals surface area contributed by atoms with E-state index in [9.17, 15) is 46.0 Å². The number of ether oxygens (including phenoxy) is 3. The van der Waals surface area contributed by atoms with Gasteiger partial charge in [-0.1, -0.05) is 0 Å². The lowest BCUT2D eigenvalue weighted by Crippen LogP contribution is -2.58. The molecule has 4 rings (SSSR count). The summed E-state index contributed by atoms with van der Waals surface area (Å²) < 4.78 is 17.0. The highest BCUT2D eigenvalue weighted by atomic mass is 16.7. The molecule has 180 valence electrons. The highest BCUT2D eigenvalue weighted by Crippen LogP contribution is 2.50. The minimum absolute atomic E-state index is 0.0132. The predicted molar refractivity (Wildman–Crippen MR) is 107 cm³/mol. The maximum atomic E-state index is 11.0. The van der Waals surface area contributed by atoms with Crippen molar-refractivity contribution in [2.75, 3.05) is 0 Å². The van der Waals surface area contributed by atoms with Crippen molar-refractivity contribution >= 4 is 0 Å². The summed E-state index contributed by atoms with van der Waals surface area (Å²) in [4.78, 5) is 0. The predicted octanol–water partition coefficient (Wildman–Crippen LogP) is -0.406. The number of rotatable bonds is 3. The van der Waals surface area contributed by atoms with E-state index >= 15 is 0 Å². The Morgan fingerprint density at radius 1 is 0.788 bits per heavy atom. The van der Waals surface area contributed by atoms with Crippen LogP contribution in [-0.2, 0) is 9.47 Å². The maximum absolute atomic E-state index is 11.0. The molecule has 0 spiro atoms. The van der Waals surface area contributed by atoms with E-state index in [1.165, 1.54) is 6.92 Å². The molecule has 1 fully saturated rings. The van der Waals surface area contributed by atoms with Crippen molar-refractivity contribution in [2.45, 2.75) is 55.9 Å². The van der Waals surface area contributed by atoms with Gasteiger partial charge in [0.2, 0.25) is 0 Å². The van der Waals surface area contributed by atoms with Crippen molar-refractivity contribution < 1.29 is 60.2 Å². The second kappa shape index (κ2) is 8.41. The number of fused-ring (bicyclic) bond motifs is 1. The summed E-state index contributed by atoms with van der Waals surface area (Å²) in [6.45, 7) is 1.43. The summed E-state index contributed by atoms with van der Waals surface area (Å²) in [6.07, 6.45) is -11.7. The first-order valence-corrected chi connectivity index (χ1v) is 10.00. The lowest BCUT2D eigenvalue weighted by molar-refractivity contribution is -0.319. The summed E-state index contributed by atoms with van der Waals surface area (Å²) in [6, 6.07) is 4.16. The first kappa shape index (κ1) is 23.2. The average molecular weight is 468 g/mol. The zero-order valence-corrected chi connectivity index (χ0v) is 17.2. The summed E-state index contributed by atoms with van der Waals surface area (Å²) in [5.41, 5.74) is -0.139. The van der Waals surface area contributed by atoms with Crippen molar-refractivity contribution in [2.24, 2.45) is 0 Å². The Hall–Kier alpha value is -3.00. The van der Waals surface area contributed by atoms with Crippen LogP contribution in [0.25, 0.3) is 0 Å². The Morgan fingerprint density at radius 3 is 2.06 bits per heavy atom. The maximum Gasteiger partial charge on any atom is 0.200 e. The third-order valence-corrected chi connectivity index (χ3v) is 5.78. The molecule has 33 heavy (non-hydrogen) atoms. The van der Waals surface area contributed by atoms with E-state index in [0.717, 1.165) is 24.3 Å². The second-order valence-corrected chi connectivity index (χ2v) is 8.05. The van der Waals surface area contributed by atoms with Gasteiger partial charge in [-0.2, -0.15) is 0 Å². The molecule has 0 aromatic heterocycles.